The van der Waals surface area contributed by atoms with Crippen molar-refractivity contribution in [2.45, 2.75) is 114 Å². The molecule has 0 amide bonds. The van der Waals surface area contributed by atoms with Gasteiger partial charge in [-0.2, -0.15) is 0 Å². The van der Waals surface area contributed by atoms with Crippen LogP contribution in [-0.4, -0.2) is 18.3 Å². The largest absolute Gasteiger partial charge is 0.338 e. The molecule has 0 radical (unpaired) electrons. The van der Waals surface area contributed by atoms with Gasteiger partial charge >= 0.3 is 0 Å². The number of para-hydroxylation sites is 2. The van der Waals surface area contributed by atoms with Crippen molar-refractivity contribution in [3.63, 3.8) is 0 Å². The number of hydrogen-bond acceptors (Lipinski definition) is 2. The van der Waals surface area contributed by atoms with Crippen molar-refractivity contribution in [2.24, 2.45) is 0 Å². The molecule has 9 rings (SSSR count). The third-order valence-corrected chi connectivity index (χ3v) is 11.9. The number of benzene rings is 3. The SMILES string of the molecule is [2H]C12CCCCC1([2H])N1c3cc(C(C)(C)C)cc4c3B(c3cccc2c31)c1cccc2c1N4C1(C)CCCCC21C. The van der Waals surface area contributed by atoms with Gasteiger partial charge in [-0.3, -0.25) is 0 Å². The van der Waals surface area contributed by atoms with E-state index in [2.05, 4.69) is 92.9 Å². The standard InChI is InChI=1S/C36H41BN2/c1-34(2,3)22-20-29-31-30(21-22)39-33-25(35(4)18-8-9-19-36(35,39)5)14-11-16-27(33)37(31)26-15-10-13-24-23-12-6-7-17-28(23)38(29)32(24)26/h10-11,13-16,20-21,23,28H,6-9,12,17-19H2,1-5H3/i23D,28D. The van der Waals surface area contributed by atoms with Crippen LogP contribution in [0, 0.1) is 0 Å². The highest BCUT2D eigenvalue weighted by atomic mass is 15.3. The average molecular weight is 515 g/mol. The van der Waals surface area contributed by atoms with Crippen molar-refractivity contribution >= 4 is 45.9 Å². The van der Waals surface area contributed by atoms with E-state index < -0.39 is 11.9 Å². The van der Waals surface area contributed by atoms with Crippen molar-refractivity contribution < 1.29 is 2.74 Å². The predicted molar refractivity (Wildman–Crippen MR) is 166 cm³/mol. The van der Waals surface area contributed by atoms with Crippen molar-refractivity contribution in [1.82, 2.24) is 0 Å². The lowest BCUT2D eigenvalue weighted by Crippen LogP contribution is -2.65. The predicted octanol–water partition coefficient (Wildman–Crippen LogP) is 7.05. The molecule has 4 unspecified atom stereocenters. The van der Waals surface area contributed by atoms with Gasteiger partial charge in [-0.15, -0.1) is 0 Å². The summed E-state index contributed by atoms with van der Waals surface area (Å²) in [6, 6.07) is 17.8. The van der Waals surface area contributed by atoms with Crippen LogP contribution in [0.5, 0.6) is 0 Å². The first kappa shape index (κ1) is 21.1. The molecule has 2 saturated carbocycles. The molecule has 3 aromatic carbocycles. The van der Waals surface area contributed by atoms with Gasteiger partial charge in [0.05, 0.1) is 6.91 Å². The molecule has 4 aliphatic heterocycles. The molecule has 0 aromatic heterocycles. The van der Waals surface area contributed by atoms with Gasteiger partial charge in [-0.05, 0) is 83.2 Å². The molecule has 2 nitrogen and oxygen atoms in total. The minimum atomic E-state index is -0.991. The fourth-order valence-electron chi connectivity index (χ4n) is 9.71. The topological polar surface area (TPSA) is 6.48 Å². The van der Waals surface area contributed by atoms with Gasteiger partial charge in [-0.25, -0.2) is 0 Å². The summed E-state index contributed by atoms with van der Waals surface area (Å²) in [5, 5.41) is 0. The zero-order chi connectivity index (χ0) is 28.3. The highest BCUT2D eigenvalue weighted by molar-refractivity contribution is 7.00. The van der Waals surface area contributed by atoms with E-state index in [1.54, 1.807) is 0 Å². The smallest absolute Gasteiger partial charge is 0.252 e. The Morgan fingerprint density at radius 3 is 2.41 bits per heavy atom. The normalized spacial score (nSPS) is 35.5. The molecule has 0 saturated heterocycles. The molecule has 39 heavy (non-hydrogen) atoms. The maximum atomic E-state index is 10.2. The number of rotatable bonds is 0. The van der Waals surface area contributed by atoms with Crippen LogP contribution in [0.2, 0.25) is 0 Å². The summed E-state index contributed by atoms with van der Waals surface area (Å²) in [5.41, 5.74) is 13.3. The van der Waals surface area contributed by atoms with Gasteiger partial charge in [0.15, 0.2) is 0 Å². The second kappa shape index (κ2) is 7.14. The van der Waals surface area contributed by atoms with Crippen LogP contribution in [0.15, 0.2) is 48.5 Å². The molecule has 0 N–H and O–H groups in total. The molecular formula is C36H41BN2. The first-order valence-electron chi connectivity index (χ1n) is 16.5. The summed E-state index contributed by atoms with van der Waals surface area (Å²) in [5.74, 6) is -0.913. The maximum absolute atomic E-state index is 10.2. The Morgan fingerprint density at radius 2 is 1.59 bits per heavy atom. The highest BCUT2D eigenvalue weighted by Crippen LogP contribution is 2.62. The number of nitrogens with zero attached hydrogens (tertiary/aromatic N) is 2. The van der Waals surface area contributed by atoms with Crippen LogP contribution in [0.25, 0.3) is 0 Å². The molecule has 0 spiro atoms. The fraction of sp³-hybridized carbons (Fsp3) is 0.500. The molecule has 3 aromatic rings. The molecule has 2 fully saturated rings. The van der Waals surface area contributed by atoms with Crippen LogP contribution in [0.3, 0.4) is 0 Å². The Balaban J connectivity index is 1.45. The van der Waals surface area contributed by atoms with Gasteiger partial charge in [0.2, 0.25) is 0 Å². The van der Waals surface area contributed by atoms with E-state index >= 15 is 0 Å². The van der Waals surface area contributed by atoms with Crippen LogP contribution < -0.4 is 26.2 Å². The molecular weight excluding hydrogens is 471 g/mol. The molecule has 4 heterocycles. The summed E-state index contributed by atoms with van der Waals surface area (Å²) >= 11 is 0. The van der Waals surface area contributed by atoms with E-state index in [-0.39, 0.29) is 23.1 Å². The molecule has 4 atom stereocenters. The van der Waals surface area contributed by atoms with Crippen molar-refractivity contribution in [1.29, 1.82) is 0 Å². The zero-order valence-electron chi connectivity index (χ0n) is 26.2. The van der Waals surface area contributed by atoms with Crippen LogP contribution in [0.4, 0.5) is 22.7 Å². The Labute approximate surface area is 237 Å². The molecule has 0 bridgehead atoms. The number of anilines is 4. The van der Waals surface area contributed by atoms with E-state index in [1.165, 1.54) is 75.9 Å². The Morgan fingerprint density at radius 1 is 0.872 bits per heavy atom. The number of fused-ring (bicyclic) bond motifs is 10. The van der Waals surface area contributed by atoms with Crippen molar-refractivity contribution in [3.05, 3.63) is 65.2 Å². The fourth-order valence-corrected chi connectivity index (χ4v) is 9.71. The molecule has 3 heteroatoms. The first-order valence-corrected chi connectivity index (χ1v) is 15.5. The molecule has 2 aliphatic carbocycles. The van der Waals surface area contributed by atoms with E-state index in [9.17, 15) is 2.74 Å². The average Bonchev–Trinajstić information content (AvgIpc) is 3.29. The third-order valence-electron chi connectivity index (χ3n) is 11.9. The van der Waals surface area contributed by atoms with Crippen molar-refractivity contribution in [2.75, 3.05) is 9.80 Å². The highest BCUT2D eigenvalue weighted by Gasteiger charge is 2.61. The Kier molecular flexibility index (Phi) is 3.87. The minimum Gasteiger partial charge on any atom is -0.338 e. The molecule has 6 aliphatic rings. The number of hydrogen-bond donors (Lipinski definition) is 0. The van der Waals surface area contributed by atoms with Crippen LogP contribution >= 0.6 is 0 Å². The zero-order valence-corrected chi connectivity index (χ0v) is 24.2. The van der Waals surface area contributed by atoms with E-state index in [4.69, 9.17) is 0 Å². The monoisotopic (exact) mass is 514 g/mol. The van der Waals surface area contributed by atoms with Crippen LogP contribution in [0.1, 0.15) is 111 Å². The second-order valence-electron chi connectivity index (χ2n) is 14.7. The lowest BCUT2D eigenvalue weighted by atomic mass is 9.33. The second-order valence-corrected chi connectivity index (χ2v) is 14.7. The lowest BCUT2D eigenvalue weighted by molar-refractivity contribution is 0.195. The summed E-state index contributed by atoms with van der Waals surface area (Å²) in [6.07, 6.45) is 8.53. The maximum Gasteiger partial charge on any atom is 0.252 e. The van der Waals surface area contributed by atoms with Crippen molar-refractivity contribution in [3.8, 4) is 0 Å². The van der Waals surface area contributed by atoms with Gasteiger partial charge < -0.3 is 9.80 Å². The Bertz CT molecular complexity index is 1580. The minimum absolute atomic E-state index is 0.00867. The van der Waals surface area contributed by atoms with Gasteiger partial charge in [0.1, 0.15) is 0 Å². The first-order chi connectivity index (χ1) is 19.5. The van der Waals surface area contributed by atoms with E-state index in [1.807, 2.05) is 0 Å². The lowest BCUT2D eigenvalue weighted by Gasteiger charge is -2.53. The summed E-state index contributed by atoms with van der Waals surface area (Å²) in [7, 11) is 0. The van der Waals surface area contributed by atoms with Gasteiger partial charge in [-0.1, -0.05) is 89.8 Å². The van der Waals surface area contributed by atoms with Gasteiger partial charge in [0.25, 0.3) is 6.71 Å². The summed E-state index contributed by atoms with van der Waals surface area (Å²) in [6.45, 7) is 12.2. The Hall–Kier alpha value is -2.68. The summed E-state index contributed by atoms with van der Waals surface area (Å²) in [4.78, 5) is 5.17. The summed E-state index contributed by atoms with van der Waals surface area (Å²) < 4.78 is 20.1. The molecule has 198 valence electrons. The van der Waals surface area contributed by atoms with Crippen LogP contribution in [-0.2, 0) is 10.8 Å². The third kappa shape index (κ3) is 2.54. The quantitative estimate of drug-likeness (QED) is 0.297. The van der Waals surface area contributed by atoms with Gasteiger partial charge in [0, 0.05) is 41.4 Å². The van der Waals surface area contributed by atoms with E-state index in [0.717, 1.165) is 31.2 Å². The van der Waals surface area contributed by atoms with E-state index in [0.29, 0.717) is 0 Å².